The molecule has 0 spiro atoms. The molecular weight excluding hydrogens is 325 g/mol. The molecule has 1 atom stereocenters. The molecule has 1 fully saturated rings. The summed E-state index contributed by atoms with van der Waals surface area (Å²) < 4.78 is 12.2. The lowest BCUT2D eigenvalue weighted by Crippen LogP contribution is -2.41. The summed E-state index contributed by atoms with van der Waals surface area (Å²) in [5.41, 5.74) is 2.41. The number of nitrogens with zero attached hydrogens (tertiary/aromatic N) is 2. The van der Waals surface area contributed by atoms with Crippen molar-refractivity contribution in [3.63, 3.8) is 0 Å². The third kappa shape index (κ3) is 2.92. The van der Waals surface area contributed by atoms with E-state index in [0.717, 1.165) is 29.1 Å². The average molecular weight is 351 g/mol. The largest absolute Gasteiger partial charge is 0.494 e. The zero-order valence-corrected chi connectivity index (χ0v) is 16.1. The van der Waals surface area contributed by atoms with Crippen LogP contribution < -0.4 is 5.46 Å². The van der Waals surface area contributed by atoms with Gasteiger partial charge < -0.3 is 14.3 Å². The van der Waals surface area contributed by atoms with Crippen LogP contribution >= 0.6 is 0 Å². The fourth-order valence-electron chi connectivity index (χ4n) is 3.34. The zero-order valence-electron chi connectivity index (χ0n) is 16.1. The lowest BCUT2D eigenvalue weighted by Gasteiger charge is -2.32. The van der Waals surface area contributed by atoms with Crippen LogP contribution in [-0.2, 0) is 9.31 Å². The van der Waals surface area contributed by atoms with Gasteiger partial charge in [0.15, 0.2) is 0 Å². The minimum atomic E-state index is -0.332. The van der Waals surface area contributed by atoms with E-state index in [4.69, 9.17) is 14.3 Å². The van der Waals surface area contributed by atoms with Gasteiger partial charge in [0.1, 0.15) is 5.82 Å². The normalized spacial score (nSPS) is 24.5. The van der Waals surface area contributed by atoms with Crippen LogP contribution in [0, 0.1) is 0 Å². The summed E-state index contributed by atoms with van der Waals surface area (Å²) in [6.45, 7) is 9.24. The summed E-state index contributed by atoms with van der Waals surface area (Å²) >= 11 is 0. The Labute approximate surface area is 155 Å². The number of aromatic amines is 1. The summed E-state index contributed by atoms with van der Waals surface area (Å²) in [6, 6.07) is 8.51. The monoisotopic (exact) mass is 351 g/mol. The summed E-state index contributed by atoms with van der Waals surface area (Å²) in [5.74, 6) is 0.978. The molecule has 2 aliphatic heterocycles. The molecule has 0 aliphatic carbocycles. The predicted molar refractivity (Wildman–Crippen MR) is 104 cm³/mol. The second-order valence-electron chi connectivity index (χ2n) is 8.19. The quantitative estimate of drug-likeness (QED) is 0.682. The van der Waals surface area contributed by atoms with Crippen LogP contribution in [0.4, 0.5) is 0 Å². The van der Waals surface area contributed by atoms with Crippen molar-refractivity contribution in [1.29, 1.82) is 0 Å². The summed E-state index contributed by atoms with van der Waals surface area (Å²) in [5, 5.41) is 0. The molecule has 136 valence electrons. The van der Waals surface area contributed by atoms with Gasteiger partial charge >= 0.3 is 7.12 Å². The lowest BCUT2D eigenvalue weighted by atomic mass is 9.79. The van der Waals surface area contributed by atoms with Crippen molar-refractivity contribution < 1.29 is 9.31 Å². The molecule has 5 nitrogen and oxygen atoms in total. The number of hydrogen-bond donors (Lipinski definition) is 1. The van der Waals surface area contributed by atoms with Gasteiger partial charge in [-0.2, -0.15) is 0 Å². The molecule has 1 aromatic heterocycles. The molecule has 4 rings (SSSR count). The Balaban J connectivity index is 1.52. The highest BCUT2D eigenvalue weighted by atomic mass is 16.7. The van der Waals surface area contributed by atoms with Gasteiger partial charge in [0, 0.05) is 18.3 Å². The van der Waals surface area contributed by atoms with Crippen molar-refractivity contribution in [1.82, 2.24) is 14.9 Å². The van der Waals surface area contributed by atoms with Crippen LogP contribution in [-0.4, -0.2) is 46.8 Å². The van der Waals surface area contributed by atoms with Gasteiger partial charge in [-0.25, -0.2) is 4.98 Å². The van der Waals surface area contributed by atoms with E-state index in [-0.39, 0.29) is 24.4 Å². The van der Waals surface area contributed by atoms with Gasteiger partial charge in [-0.1, -0.05) is 36.4 Å². The third-order valence-corrected chi connectivity index (χ3v) is 5.80. The molecule has 0 radical (unpaired) electrons. The van der Waals surface area contributed by atoms with Crippen LogP contribution in [0.25, 0.3) is 11.3 Å². The van der Waals surface area contributed by atoms with E-state index in [9.17, 15) is 0 Å². The Bertz CT molecular complexity index is 810. The first-order valence-corrected chi connectivity index (χ1v) is 9.15. The second-order valence-corrected chi connectivity index (χ2v) is 8.19. The van der Waals surface area contributed by atoms with Gasteiger partial charge in [0.05, 0.1) is 22.9 Å². The Morgan fingerprint density at radius 1 is 1.12 bits per heavy atom. The van der Waals surface area contributed by atoms with Crippen molar-refractivity contribution in [2.24, 2.45) is 0 Å². The maximum absolute atomic E-state index is 6.12. The minimum absolute atomic E-state index is 0.229. The molecule has 0 saturated carbocycles. The molecule has 2 aromatic rings. The fourth-order valence-corrected chi connectivity index (χ4v) is 3.34. The van der Waals surface area contributed by atoms with Gasteiger partial charge in [-0.3, -0.25) is 4.90 Å². The van der Waals surface area contributed by atoms with Gasteiger partial charge in [0.25, 0.3) is 0 Å². The summed E-state index contributed by atoms with van der Waals surface area (Å²) in [7, 11) is 1.77. The number of hydrogen-bond acceptors (Lipinski definition) is 4. The molecule has 1 N–H and O–H groups in total. The Hall–Kier alpha value is -1.89. The molecule has 1 unspecified atom stereocenters. The number of rotatable bonds is 3. The first kappa shape index (κ1) is 17.5. The fraction of sp³-hybridized carbons (Fsp3) is 0.450. The van der Waals surface area contributed by atoms with Crippen LogP contribution in [0.3, 0.4) is 0 Å². The molecular formula is C20H26BN3O2. The number of likely N-dealkylation sites (N-methyl/N-ethyl adjacent to an activating group) is 1. The van der Waals surface area contributed by atoms with Crippen molar-refractivity contribution >= 4 is 12.6 Å². The van der Waals surface area contributed by atoms with E-state index in [0.29, 0.717) is 0 Å². The first-order chi connectivity index (χ1) is 12.3. The number of aromatic nitrogens is 2. The highest BCUT2D eigenvalue weighted by molar-refractivity contribution is 6.62. The van der Waals surface area contributed by atoms with Gasteiger partial charge in [-0.05, 0) is 40.2 Å². The zero-order chi connectivity index (χ0) is 18.5. The summed E-state index contributed by atoms with van der Waals surface area (Å²) in [6.07, 6.45) is 6.33. The van der Waals surface area contributed by atoms with Crippen LogP contribution in [0.1, 0.15) is 39.6 Å². The lowest BCUT2D eigenvalue weighted by molar-refractivity contribution is 0.00578. The number of nitrogens with one attached hydrogen (secondary N) is 1. The molecule has 0 amide bonds. The standard InChI is InChI=1S/C20H26BN3O2/c1-19(2)20(3,4)26-21(25-19)15-10-8-14(9-11-15)16-13-22-18(23-16)17-7-6-12-24(17)5/h6-11,13,17H,12H2,1-5H3,(H,22,23). The van der Waals surface area contributed by atoms with E-state index in [1.807, 2.05) is 6.20 Å². The SMILES string of the molecule is CN1CC=CC1c1nc(-c2ccc(B3OC(C)(C)C(C)(C)O3)cc2)c[nH]1. The number of benzene rings is 1. The number of imidazole rings is 1. The van der Waals surface area contributed by atoms with Crippen LogP contribution in [0.15, 0.2) is 42.6 Å². The molecule has 3 heterocycles. The third-order valence-electron chi connectivity index (χ3n) is 5.80. The Kier molecular flexibility index (Phi) is 4.10. The van der Waals surface area contributed by atoms with Crippen molar-refractivity contribution in [2.75, 3.05) is 13.6 Å². The average Bonchev–Trinajstić information content (AvgIpc) is 3.26. The number of H-pyrrole nitrogens is 1. The summed E-state index contributed by atoms with van der Waals surface area (Å²) in [4.78, 5) is 10.3. The van der Waals surface area contributed by atoms with Crippen molar-refractivity contribution in [3.8, 4) is 11.3 Å². The molecule has 6 heteroatoms. The molecule has 1 aromatic carbocycles. The topological polar surface area (TPSA) is 50.4 Å². The van der Waals surface area contributed by atoms with E-state index in [1.165, 1.54) is 0 Å². The van der Waals surface area contributed by atoms with E-state index >= 15 is 0 Å². The predicted octanol–water partition coefficient (Wildman–Crippen LogP) is 2.92. The Morgan fingerprint density at radius 3 is 2.35 bits per heavy atom. The van der Waals surface area contributed by atoms with Crippen molar-refractivity contribution in [3.05, 3.63) is 48.4 Å². The Morgan fingerprint density at radius 2 is 1.77 bits per heavy atom. The molecule has 1 saturated heterocycles. The van der Waals surface area contributed by atoms with Gasteiger partial charge in [0.2, 0.25) is 0 Å². The smallest absolute Gasteiger partial charge is 0.399 e. The first-order valence-electron chi connectivity index (χ1n) is 9.15. The van der Waals surface area contributed by atoms with E-state index in [2.05, 4.69) is 81.0 Å². The molecule has 0 bridgehead atoms. The van der Waals surface area contributed by atoms with Crippen molar-refractivity contribution in [2.45, 2.75) is 44.9 Å². The highest BCUT2D eigenvalue weighted by Gasteiger charge is 2.51. The maximum Gasteiger partial charge on any atom is 0.494 e. The van der Waals surface area contributed by atoms with E-state index < -0.39 is 0 Å². The molecule has 2 aliphatic rings. The second kappa shape index (κ2) is 6.08. The highest BCUT2D eigenvalue weighted by Crippen LogP contribution is 2.36. The molecule has 26 heavy (non-hydrogen) atoms. The van der Waals surface area contributed by atoms with Gasteiger partial charge in [-0.15, -0.1) is 0 Å². The van der Waals surface area contributed by atoms with Crippen LogP contribution in [0.2, 0.25) is 0 Å². The maximum atomic E-state index is 6.12. The van der Waals surface area contributed by atoms with E-state index in [1.54, 1.807) is 0 Å². The van der Waals surface area contributed by atoms with Crippen LogP contribution in [0.5, 0.6) is 0 Å². The minimum Gasteiger partial charge on any atom is -0.399 e.